The van der Waals surface area contributed by atoms with Crippen LogP contribution >= 0.6 is 0 Å². The Bertz CT molecular complexity index is 1150. The van der Waals surface area contributed by atoms with Crippen molar-refractivity contribution in [1.82, 2.24) is 4.90 Å². The van der Waals surface area contributed by atoms with Crippen LogP contribution in [-0.2, 0) is 20.4 Å². The Hall–Kier alpha value is -2.71. The van der Waals surface area contributed by atoms with E-state index in [1.54, 1.807) is 28.9 Å². The van der Waals surface area contributed by atoms with Crippen molar-refractivity contribution in [3.63, 3.8) is 0 Å². The Balaban J connectivity index is 1.60. The van der Waals surface area contributed by atoms with Crippen LogP contribution in [0.25, 0.3) is 0 Å². The molecule has 0 unspecified atom stereocenters. The summed E-state index contributed by atoms with van der Waals surface area (Å²) in [7, 11) is -3.92. The average molecular weight is 411 g/mol. The van der Waals surface area contributed by atoms with Crippen LogP contribution in [0.15, 0.2) is 57.8 Å². The van der Waals surface area contributed by atoms with Crippen molar-refractivity contribution in [2.45, 2.75) is 36.9 Å². The van der Waals surface area contributed by atoms with Crippen LogP contribution in [0, 0.1) is 12.8 Å². The molecule has 2 aromatic rings. The van der Waals surface area contributed by atoms with Crippen LogP contribution in [0.1, 0.15) is 24.5 Å². The lowest BCUT2D eigenvalue weighted by molar-refractivity contribution is -0.117. The molecule has 5 rings (SSSR count). The van der Waals surface area contributed by atoms with Gasteiger partial charge >= 0.3 is 0 Å². The Morgan fingerprint density at radius 3 is 2.55 bits per heavy atom. The van der Waals surface area contributed by atoms with Gasteiger partial charge in [0.1, 0.15) is 18.5 Å². The second-order valence-electron chi connectivity index (χ2n) is 8.08. The van der Waals surface area contributed by atoms with Crippen LogP contribution in [0.4, 0.5) is 5.69 Å². The molecule has 29 heavy (non-hydrogen) atoms. The fourth-order valence-electron chi connectivity index (χ4n) is 4.73. The number of rotatable bonds is 2. The third-order valence-electron chi connectivity index (χ3n) is 6.23. The summed E-state index contributed by atoms with van der Waals surface area (Å²) >= 11 is 0. The van der Waals surface area contributed by atoms with E-state index in [2.05, 4.69) is 4.40 Å². The third kappa shape index (κ3) is 2.55. The van der Waals surface area contributed by atoms with E-state index in [1.165, 1.54) is 12.1 Å². The van der Waals surface area contributed by atoms with Crippen LogP contribution in [0.5, 0.6) is 0 Å². The van der Waals surface area contributed by atoms with E-state index >= 15 is 0 Å². The maximum atomic E-state index is 12.9. The quantitative estimate of drug-likeness (QED) is 0.816. The van der Waals surface area contributed by atoms with E-state index in [0.29, 0.717) is 17.1 Å². The lowest BCUT2D eigenvalue weighted by Crippen LogP contribution is -2.52. The predicted octanol–water partition coefficient (Wildman–Crippen LogP) is 2.00. The van der Waals surface area contributed by atoms with E-state index in [1.807, 2.05) is 31.2 Å². The zero-order valence-electron chi connectivity index (χ0n) is 16.1. The number of fused-ring (bicyclic) bond motifs is 2. The molecular weight excluding hydrogens is 390 g/mol. The summed E-state index contributed by atoms with van der Waals surface area (Å²) in [5, 5.41) is 11.3. The number of nitrogens with zero attached hydrogens (tertiary/aromatic N) is 3. The number of sulfonamides is 1. The standard InChI is InChI=1S/C21H21N3O4S/c1-13-7-9-14(10-8-13)29(27,28)22-18-11-16-20-23(18)12-19(25)24(20)17-6-4-3-5-15(17)21(16,2)26/h3-10,16,20,26H,11-12H2,1-2H3/b22-18+/t16-,20-,21+/m1/s1. The van der Waals surface area contributed by atoms with Crippen molar-refractivity contribution in [2.24, 2.45) is 10.3 Å². The number of benzene rings is 2. The summed E-state index contributed by atoms with van der Waals surface area (Å²) in [4.78, 5) is 16.3. The minimum absolute atomic E-state index is 0.0494. The summed E-state index contributed by atoms with van der Waals surface area (Å²) < 4.78 is 29.8. The van der Waals surface area contributed by atoms with Gasteiger partial charge in [0.05, 0.1) is 16.2 Å². The third-order valence-corrected chi connectivity index (χ3v) is 7.55. The Kier molecular flexibility index (Phi) is 3.73. The van der Waals surface area contributed by atoms with Gasteiger partial charge in [0.25, 0.3) is 10.0 Å². The first-order valence-corrected chi connectivity index (χ1v) is 11.0. The summed E-state index contributed by atoms with van der Waals surface area (Å²) in [5.74, 6) is -0.164. The van der Waals surface area contributed by atoms with Crippen molar-refractivity contribution in [2.75, 3.05) is 11.4 Å². The van der Waals surface area contributed by atoms with Gasteiger partial charge in [0.15, 0.2) is 0 Å². The smallest absolute Gasteiger partial charge is 0.283 e. The van der Waals surface area contributed by atoms with Gasteiger partial charge in [-0.15, -0.1) is 4.40 Å². The van der Waals surface area contributed by atoms with E-state index in [4.69, 9.17) is 0 Å². The van der Waals surface area contributed by atoms with Gasteiger partial charge in [-0.25, -0.2) is 0 Å². The number of hydrogen-bond donors (Lipinski definition) is 1. The number of aryl methyl sites for hydroxylation is 1. The summed E-state index contributed by atoms with van der Waals surface area (Å²) in [6, 6.07) is 13.8. The molecule has 2 fully saturated rings. The van der Waals surface area contributed by atoms with E-state index in [-0.39, 0.29) is 29.7 Å². The van der Waals surface area contributed by atoms with Gasteiger partial charge in [-0.3, -0.25) is 9.69 Å². The highest BCUT2D eigenvalue weighted by Gasteiger charge is 2.60. The molecule has 3 atom stereocenters. The van der Waals surface area contributed by atoms with Crippen LogP contribution < -0.4 is 4.90 Å². The second-order valence-corrected chi connectivity index (χ2v) is 9.68. The monoisotopic (exact) mass is 411 g/mol. The summed E-state index contributed by atoms with van der Waals surface area (Å²) in [6.07, 6.45) is -0.152. The maximum absolute atomic E-state index is 12.9. The molecule has 2 aromatic carbocycles. The number of carbonyl (C=O) groups is 1. The summed E-state index contributed by atoms with van der Waals surface area (Å²) in [6.45, 7) is 3.66. The Morgan fingerprint density at radius 1 is 1.14 bits per heavy atom. The van der Waals surface area contributed by atoms with Crippen molar-refractivity contribution in [3.8, 4) is 0 Å². The molecule has 2 saturated heterocycles. The van der Waals surface area contributed by atoms with Gasteiger partial charge in [-0.1, -0.05) is 35.9 Å². The molecule has 1 N–H and O–H groups in total. The normalized spacial score (nSPS) is 29.3. The van der Waals surface area contributed by atoms with E-state index in [0.717, 1.165) is 5.56 Å². The molecule has 3 aliphatic heterocycles. The largest absolute Gasteiger partial charge is 0.385 e. The minimum Gasteiger partial charge on any atom is -0.385 e. The number of aliphatic hydroxyl groups is 1. The number of amides is 1. The van der Waals surface area contributed by atoms with Crippen molar-refractivity contribution < 1.29 is 18.3 Å². The molecule has 0 spiro atoms. The maximum Gasteiger partial charge on any atom is 0.283 e. The summed E-state index contributed by atoms with van der Waals surface area (Å²) in [5.41, 5.74) is 1.11. The van der Waals surface area contributed by atoms with E-state index in [9.17, 15) is 18.3 Å². The van der Waals surface area contributed by atoms with Gasteiger partial charge in [-0.05, 0) is 32.0 Å². The average Bonchev–Trinajstić information content (AvgIpc) is 3.18. The van der Waals surface area contributed by atoms with Crippen molar-refractivity contribution in [1.29, 1.82) is 0 Å². The molecule has 0 radical (unpaired) electrons. The first kappa shape index (κ1) is 18.3. The highest BCUT2D eigenvalue weighted by Crippen LogP contribution is 2.52. The number of amidine groups is 1. The lowest BCUT2D eigenvalue weighted by atomic mass is 9.76. The molecule has 0 saturated carbocycles. The topological polar surface area (TPSA) is 90.3 Å². The molecular formula is C21H21N3O4S. The lowest BCUT2D eigenvalue weighted by Gasteiger charge is -2.44. The molecule has 3 heterocycles. The fraction of sp³-hybridized carbons (Fsp3) is 0.333. The van der Waals surface area contributed by atoms with Gasteiger partial charge < -0.3 is 10.0 Å². The minimum atomic E-state index is -3.92. The Morgan fingerprint density at radius 2 is 1.83 bits per heavy atom. The van der Waals surface area contributed by atoms with Gasteiger partial charge in [0.2, 0.25) is 5.91 Å². The van der Waals surface area contributed by atoms with E-state index < -0.39 is 21.8 Å². The number of hydrogen-bond acceptors (Lipinski definition) is 4. The van der Waals surface area contributed by atoms with Gasteiger partial charge in [-0.2, -0.15) is 8.42 Å². The second kappa shape index (κ2) is 5.90. The Labute approximate surface area is 169 Å². The zero-order valence-corrected chi connectivity index (χ0v) is 16.9. The molecule has 0 bridgehead atoms. The molecule has 1 amide bonds. The fourth-order valence-corrected chi connectivity index (χ4v) is 5.77. The van der Waals surface area contributed by atoms with Gasteiger partial charge in [0, 0.05) is 17.9 Å². The van der Waals surface area contributed by atoms with Crippen LogP contribution in [0.3, 0.4) is 0 Å². The highest BCUT2D eigenvalue weighted by atomic mass is 32.2. The van der Waals surface area contributed by atoms with Crippen molar-refractivity contribution >= 4 is 27.5 Å². The molecule has 8 heteroatoms. The predicted molar refractivity (Wildman–Crippen MR) is 108 cm³/mol. The first-order chi connectivity index (χ1) is 13.7. The van der Waals surface area contributed by atoms with Crippen LogP contribution in [0.2, 0.25) is 0 Å². The molecule has 0 aromatic heterocycles. The number of anilines is 1. The molecule has 150 valence electrons. The molecule has 0 aliphatic carbocycles. The number of para-hydroxylation sites is 1. The van der Waals surface area contributed by atoms with Crippen molar-refractivity contribution in [3.05, 3.63) is 59.7 Å². The molecule has 7 nitrogen and oxygen atoms in total. The highest BCUT2D eigenvalue weighted by molar-refractivity contribution is 7.90. The first-order valence-electron chi connectivity index (χ1n) is 9.51. The SMILES string of the molecule is Cc1ccc(S(=O)(=O)/N=C2\C[C@@H]3[C@@H]4N2CC(=O)N4c2ccccc2[C@]3(C)O)cc1. The van der Waals surface area contributed by atoms with Crippen LogP contribution in [-0.4, -0.2) is 42.9 Å². The molecule has 3 aliphatic rings. The number of carbonyl (C=O) groups excluding carboxylic acids is 1. The zero-order chi connectivity index (χ0) is 20.6.